The van der Waals surface area contributed by atoms with Gasteiger partial charge < -0.3 is 15.2 Å². The van der Waals surface area contributed by atoms with Gasteiger partial charge in [0.25, 0.3) is 0 Å². The number of hydrogen-bond donors (Lipinski definition) is 1. The quantitative estimate of drug-likeness (QED) is 0.677. The molecule has 2 aromatic rings. The van der Waals surface area contributed by atoms with E-state index in [1.807, 2.05) is 18.2 Å². The molecule has 1 fully saturated rings. The Kier molecular flexibility index (Phi) is 6.26. The molecular formula is C18H18NO2U-. The largest absolute Gasteiger partial charge is 0.650 e. The van der Waals surface area contributed by atoms with Crippen LogP contribution in [0.3, 0.4) is 0 Å². The van der Waals surface area contributed by atoms with Crippen LogP contribution < -0.4 is 0 Å². The number of carbonyl (C=O) groups excluding carboxylic acids is 1. The Morgan fingerprint density at radius 2 is 1.64 bits per heavy atom. The molecule has 1 aliphatic rings. The van der Waals surface area contributed by atoms with Gasteiger partial charge in [-0.05, 0) is 23.1 Å². The van der Waals surface area contributed by atoms with Gasteiger partial charge >= 0.3 is 0 Å². The number of amides is 1. The number of nitrogens with zero attached hydrogens (tertiary/aromatic N) is 1. The summed E-state index contributed by atoms with van der Waals surface area (Å²) < 4.78 is 0. The maximum atomic E-state index is 11.5. The first-order valence-corrected chi connectivity index (χ1v) is 7.26. The van der Waals surface area contributed by atoms with E-state index in [1.54, 1.807) is 0 Å². The molecule has 4 heteroatoms. The second-order valence-corrected chi connectivity index (χ2v) is 5.50. The van der Waals surface area contributed by atoms with E-state index in [0.29, 0.717) is 6.42 Å². The van der Waals surface area contributed by atoms with Crippen LogP contribution in [-0.2, 0) is 11.2 Å². The molecule has 1 saturated heterocycles. The van der Waals surface area contributed by atoms with Crippen molar-refractivity contribution in [1.29, 1.82) is 0 Å². The third-order valence-corrected chi connectivity index (χ3v) is 3.97. The fourth-order valence-electron chi connectivity index (χ4n) is 2.78. The monoisotopic (exact) mass is 518 g/mol. The predicted octanol–water partition coefficient (Wildman–Crippen LogP) is 3.18. The first kappa shape index (κ1) is 17.3. The number of benzene rings is 2. The molecule has 0 bridgehead atoms. The molecule has 0 aliphatic carbocycles. The van der Waals surface area contributed by atoms with Crippen molar-refractivity contribution in [1.82, 2.24) is 0 Å². The number of rotatable bonds is 4. The molecule has 0 spiro atoms. The summed E-state index contributed by atoms with van der Waals surface area (Å²) in [6.07, 6.45) is 1.42. The molecule has 3 rings (SSSR count). The van der Waals surface area contributed by atoms with Crippen LogP contribution >= 0.6 is 0 Å². The van der Waals surface area contributed by atoms with Crippen LogP contribution in [0.25, 0.3) is 16.4 Å². The van der Waals surface area contributed by atoms with Gasteiger partial charge in [-0.3, -0.25) is 0 Å². The van der Waals surface area contributed by atoms with Gasteiger partial charge in [-0.1, -0.05) is 61.0 Å². The number of carbonyl (C=O) groups is 1. The zero-order valence-corrected chi connectivity index (χ0v) is 16.4. The Morgan fingerprint density at radius 1 is 1.00 bits per heavy atom. The average molecular weight is 518 g/mol. The number of hydrogen-bond acceptors (Lipinski definition) is 2. The van der Waals surface area contributed by atoms with Crippen LogP contribution in [0.1, 0.15) is 12.0 Å². The fraction of sp³-hybridized carbons (Fsp3) is 0.278. The van der Waals surface area contributed by atoms with E-state index in [-0.39, 0.29) is 55.6 Å². The Labute approximate surface area is 154 Å². The number of aliphatic hydroxyl groups excluding tert-OH is 1. The van der Waals surface area contributed by atoms with Gasteiger partial charge in [0.15, 0.2) is 0 Å². The van der Waals surface area contributed by atoms with E-state index in [4.69, 9.17) is 5.11 Å². The van der Waals surface area contributed by atoms with E-state index in [2.05, 4.69) is 41.7 Å². The molecule has 0 unspecified atom stereocenters. The molecule has 2 atom stereocenters. The van der Waals surface area contributed by atoms with Crippen molar-refractivity contribution in [2.45, 2.75) is 18.9 Å². The van der Waals surface area contributed by atoms with Crippen LogP contribution in [0.4, 0.5) is 0 Å². The van der Waals surface area contributed by atoms with Crippen molar-refractivity contribution in [3.63, 3.8) is 0 Å². The van der Waals surface area contributed by atoms with Crippen molar-refractivity contribution in [2.24, 2.45) is 5.92 Å². The van der Waals surface area contributed by atoms with Crippen molar-refractivity contribution in [3.8, 4) is 11.1 Å². The Morgan fingerprint density at radius 3 is 2.23 bits per heavy atom. The topological polar surface area (TPSA) is 51.4 Å². The van der Waals surface area contributed by atoms with Crippen LogP contribution in [0.2, 0.25) is 0 Å². The van der Waals surface area contributed by atoms with Crippen LogP contribution in [0.5, 0.6) is 0 Å². The summed E-state index contributed by atoms with van der Waals surface area (Å²) >= 11 is 0. The Balaban J connectivity index is 0.00000176. The molecule has 1 heterocycles. The molecular weight excluding hydrogens is 500 g/mol. The average Bonchev–Trinajstić information content (AvgIpc) is 2.88. The molecule has 2 aromatic carbocycles. The summed E-state index contributed by atoms with van der Waals surface area (Å²) in [5.74, 6) is -0.443. The molecule has 0 saturated carbocycles. The second kappa shape index (κ2) is 7.97. The summed E-state index contributed by atoms with van der Waals surface area (Å²) in [6, 6.07) is 18.6. The molecule has 1 N–H and O–H groups in total. The third-order valence-electron chi connectivity index (χ3n) is 3.97. The predicted molar refractivity (Wildman–Crippen MR) is 82.9 cm³/mol. The van der Waals surface area contributed by atoms with Crippen molar-refractivity contribution in [3.05, 3.63) is 65.5 Å². The van der Waals surface area contributed by atoms with E-state index in [9.17, 15) is 4.79 Å². The summed E-state index contributed by atoms with van der Waals surface area (Å²) in [4.78, 5) is 11.5. The van der Waals surface area contributed by atoms with Gasteiger partial charge in [0.1, 0.15) is 0 Å². The molecule has 1 aliphatic heterocycles. The molecule has 1 amide bonds. The maximum absolute atomic E-state index is 11.5. The van der Waals surface area contributed by atoms with Gasteiger partial charge in [-0.15, -0.1) is 6.04 Å². The van der Waals surface area contributed by atoms with Gasteiger partial charge in [-0.25, -0.2) is 0 Å². The van der Waals surface area contributed by atoms with Crippen molar-refractivity contribution >= 4 is 5.91 Å². The summed E-state index contributed by atoms with van der Waals surface area (Å²) in [7, 11) is 0. The molecule has 112 valence electrons. The first-order chi connectivity index (χ1) is 10.3. The summed E-state index contributed by atoms with van der Waals surface area (Å²) in [5.41, 5.74) is 3.56. The molecule has 0 aromatic heterocycles. The zero-order chi connectivity index (χ0) is 14.7. The smallest absolute Gasteiger partial charge is 0.0567 e. The van der Waals surface area contributed by atoms with Gasteiger partial charge in [0.2, 0.25) is 0 Å². The normalized spacial score (nSPS) is 20.3. The number of aliphatic hydroxyl groups is 1. The minimum atomic E-state index is -0.293. The minimum absolute atomic E-state index is 0. The van der Waals surface area contributed by atoms with E-state index in [1.165, 1.54) is 16.7 Å². The van der Waals surface area contributed by atoms with Gasteiger partial charge in [0.05, 0.1) is 12.5 Å². The van der Waals surface area contributed by atoms with Crippen molar-refractivity contribution in [2.75, 3.05) is 6.61 Å². The first-order valence-electron chi connectivity index (χ1n) is 7.26. The standard InChI is InChI=1S/C18H19NO2.U/c20-12-16-11-17(19-18(16)21)10-13-6-8-15(9-7-13)14-4-2-1-3-5-14;/h1-9,16-17,20H,10-12H2,(H,19,21);/p-1/t16-,17+;/m0./s1. The Bertz CT molecular complexity index is 613. The van der Waals surface area contributed by atoms with E-state index >= 15 is 0 Å². The summed E-state index contributed by atoms with van der Waals surface area (Å²) in [5, 5.41) is 13.2. The zero-order valence-electron chi connectivity index (χ0n) is 12.3. The van der Waals surface area contributed by atoms with Gasteiger partial charge in [0, 0.05) is 37.0 Å². The second-order valence-electron chi connectivity index (χ2n) is 5.50. The molecule has 22 heavy (non-hydrogen) atoms. The van der Waals surface area contributed by atoms with Gasteiger partial charge in [-0.2, -0.15) is 0 Å². The summed E-state index contributed by atoms with van der Waals surface area (Å²) in [6.45, 7) is -0.0915. The van der Waals surface area contributed by atoms with Crippen molar-refractivity contribution < 1.29 is 41.0 Å². The Hall–Kier alpha value is -1.08. The molecule has 0 radical (unpaired) electrons. The minimum Gasteiger partial charge on any atom is -0.650 e. The SMILES string of the molecule is O=C1[N-][C@H](Cc2ccc(-c3ccccc3)cc2)C[C@H]1CO.[U]. The van der Waals surface area contributed by atoms with E-state index in [0.717, 1.165) is 6.42 Å². The fourth-order valence-corrected chi connectivity index (χ4v) is 2.78. The van der Waals surface area contributed by atoms with E-state index < -0.39 is 0 Å². The van der Waals surface area contributed by atoms with Crippen LogP contribution in [0.15, 0.2) is 54.6 Å². The van der Waals surface area contributed by atoms with Crippen LogP contribution in [0, 0.1) is 37.0 Å². The molecule has 3 nitrogen and oxygen atoms in total. The third kappa shape index (κ3) is 4.01. The van der Waals surface area contributed by atoms with Crippen LogP contribution in [-0.4, -0.2) is 23.7 Å². The maximum Gasteiger partial charge on any atom is 0.0567 e.